The fourth-order valence-corrected chi connectivity index (χ4v) is 3.54. The first-order chi connectivity index (χ1) is 17.8. The number of phenols is 1. The van der Waals surface area contributed by atoms with Crippen LogP contribution in [0.25, 0.3) is 0 Å². The van der Waals surface area contributed by atoms with Crippen LogP contribution in [0.1, 0.15) is 63.0 Å². The molecule has 0 atom stereocenters. The van der Waals surface area contributed by atoms with Crippen LogP contribution < -0.4 is 0 Å². The van der Waals surface area contributed by atoms with Crippen molar-refractivity contribution in [3.8, 4) is 5.75 Å². The predicted octanol–water partition coefficient (Wildman–Crippen LogP) is 4.28. The molecule has 0 aliphatic heterocycles. The quantitative estimate of drug-likeness (QED) is 0.168. The summed E-state index contributed by atoms with van der Waals surface area (Å²) in [6, 6.07) is 5.84. The largest absolute Gasteiger partial charge is 0.508 e. The van der Waals surface area contributed by atoms with Gasteiger partial charge in [-0.05, 0) is 30.5 Å². The van der Waals surface area contributed by atoms with Crippen LogP contribution in [0, 0.1) is 0 Å². The molecule has 1 rings (SSSR count). The lowest BCUT2D eigenvalue weighted by Gasteiger charge is -2.10. The van der Waals surface area contributed by atoms with Gasteiger partial charge in [-0.3, -0.25) is 0 Å². The number of hydrogen-bond donors (Lipinski definition) is 2. The fourth-order valence-electron chi connectivity index (χ4n) is 3.54. The molecule has 0 saturated carbocycles. The summed E-state index contributed by atoms with van der Waals surface area (Å²) in [4.78, 5) is 0. The topological polar surface area (TPSA) is 95.8 Å². The second-order valence-electron chi connectivity index (χ2n) is 8.67. The van der Waals surface area contributed by atoms with Crippen LogP contribution >= 0.6 is 0 Å². The summed E-state index contributed by atoms with van der Waals surface area (Å²) in [5.41, 5.74) is 2.09. The maximum absolute atomic E-state index is 10.1. The molecule has 0 fully saturated rings. The van der Waals surface area contributed by atoms with Gasteiger partial charge in [0.15, 0.2) is 0 Å². The van der Waals surface area contributed by atoms with Crippen molar-refractivity contribution in [2.24, 2.45) is 0 Å². The first-order valence-electron chi connectivity index (χ1n) is 13.7. The molecule has 0 heterocycles. The van der Waals surface area contributed by atoms with Crippen molar-refractivity contribution in [2.45, 2.75) is 64.9 Å². The number of aliphatic hydroxyl groups excluding tert-OH is 1. The minimum absolute atomic E-state index is 0.0295. The Balaban J connectivity index is 1.92. The molecule has 0 amide bonds. The maximum atomic E-state index is 10.1. The van der Waals surface area contributed by atoms with E-state index in [1.165, 1.54) is 50.5 Å². The van der Waals surface area contributed by atoms with E-state index >= 15 is 0 Å². The lowest BCUT2D eigenvalue weighted by atomic mass is 10.0. The van der Waals surface area contributed by atoms with E-state index in [9.17, 15) is 5.11 Å². The van der Waals surface area contributed by atoms with Crippen molar-refractivity contribution in [3.05, 3.63) is 29.3 Å². The molecule has 0 aromatic heterocycles. The van der Waals surface area contributed by atoms with Crippen molar-refractivity contribution in [2.75, 3.05) is 79.3 Å². The van der Waals surface area contributed by atoms with Crippen molar-refractivity contribution in [3.63, 3.8) is 0 Å². The molecule has 36 heavy (non-hydrogen) atoms. The Bertz CT molecular complexity index is 599. The zero-order chi connectivity index (χ0) is 25.9. The molecule has 8 heteroatoms. The summed E-state index contributed by atoms with van der Waals surface area (Å²) in [7, 11) is 0. The van der Waals surface area contributed by atoms with E-state index in [1.807, 2.05) is 6.07 Å². The average molecular weight is 515 g/mol. The molecule has 0 saturated heterocycles. The minimum atomic E-state index is 0.0295. The highest BCUT2D eigenvalue weighted by molar-refractivity contribution is 5.35. The molecule has 0 unspecified atom stereocenters. The van der Waals surface area contributed by atoms with E-state index < -0.39 is 0 Å². The molecule has 2 N–H and O–H groups in total. The first kappa shape index (κ1) is 32.8. The van der Waals surface area contributed by atoms with E-state index in [0.717, 1.165) is 12.0 Å². The molecule has 1 aromatic rings. The number of hydrogen-bond acceptors (Lipinski definition) is 8. The van der Waals surface area contributed by atoms with E-state index in [4.69, 9.17) is 33.5 Å². The fraction of sp³-hybridized carbons (Fsp3) is 0.786. The molecule has 1 aromatic carbocycles. The van der Waals surface area contributed by atoms with Gasteiger partial charge in [0.1, 0.15) is 5.75 Å². The van der Waals surface area contributed by atoms with Crippen molar-refractivity contribution in [1.82, 2.24) is 0 Å². The third kappa shape index (κ3) is 19.9. The van der Waals surface area contributed by atoms with Gasteiger partial charge in [0.05, 0.1) is 85.9 Å². The van der Waals surface area contributed by atoms with Crippen LogP contribution in [-0.4, -0.2) is 89.5 Å². The van der Waals surface area contributed by atoms with Gasteiger partial charge in [-0.1, -0.05) is 51.5 Å². The summed E-state index contributed by atoms with van der Waals surface area (Å²) in [5.74, 6) is 0.286. The lowest BCUT2D eigenvalue weighted by Crippen LogP contribution is -2.14. The maximum Gasteiger partial charge on any atom is 0.121 e. The predicted molar refractivity (Wildman–Crippen MR) is 141 cm³/mol. The number of phenolic OH excluding ortho intramolecular Hbond substituents is 1. The van der Waals surface area contributed by atoms with Crippen LogP contribution in [0.3, 0.4) is 0 Å². The molecular formula is C28H50O8. The van der Waals surface area contributed by atoms with Gasteiger partial charge in [-0.25, -0.2) is 0 Å². The van der Waals surface area contributed by atoms with Crippen LogP contribution in [0.5, 0.6) is 5.75 Å². The third-order valence-corrected chi connectivity index (χ3v) is 5.57. The summed E-state index contributed by atoms with van der Waals surface area (Å²) in [5, 5.41) is 18.7. The monoisotopic (exact) mass is 514 g/mol. The zero-order valence-corrected chi connectivity index (χ0v) is 22.4. The van der Waals surface area contributed by atoms with E-state index in [-0.39, 0.29) is 12.4 Å². The Labute approximate surface area is 218 Å². The standard InChI is InChI=1S/C28H50O8/c1-2-3-4-5-6-7-8-9-26-10-11-28(30)27(24-26)25-36-23-22-35-21-20-34-19-18-33-17-16-32-15-14-31-13-12-29/h10-11,24,29-30H,2-9,12-23,25H2,1H3. The Hall–Kier alpha value is -1.26. The average Bonchev–Trinajstić information content (AvgIpc) is 2.89. The molecule has 0 spiro atoms. The van der Waals surface area contributed by atoms with Crippen molar-refractivity contribution >= 4 is 0 Å². The third-order valence-electron chi connectivity index (χ3n) is 5.57. The molecule has 0 bridgehead atoms. The Morgan fingerprint density at radius 2 is 1.06 bits per heavy atom. The number of aryl methyl sites for hydroxylation is 1. The molecule has 210 valence electrons. The van der Waals surface area contributed by atoms with Crippen LogP contribution in [0.15, 0.2) is 18.2 Å². The molecule has 0 aliphatic carbocycles. The number of benzene rings is 1. The van der Waals surface area contributed by atoms with Crippen molar-refractivity contribution < 1.29 is 38.6 Å². The van der Waals surface area contributed by atoms with Crippen LogP contribution in [0.2, 0.25) is 0 Å². The first-order valence-corrected chi connectivity index (χ1v) is 13.7. The number of ether oxygens (including phenoxy) is 6. The second kappa shape index (κ2) is 25.4. The van der Waals surface area contributed by atoms with Crippen LogP contribution in [0.4, 0.5) is 0 Å². The van der Waals surface area contributed by atoms with Gasteiger partial charge >= 0.3 is 0 Å². The van der Waals surface area contributed by atoms with Gasteiger partial charge in [-0.2, -0.15) is 0 Å². The Morgan fingerprint density at radius 3 is 1.58 bits per heavy atom. The van der Waals surface area contributed by atoms with E-state index in [1.54, 1.807) is 6.07 Å². The van der Waals surface area contributed by atoms with Gasteiger partial charge in [0.2, 0.25) is 0 Å². The second-order valence-corrected chi connectivity index (χ2v) is 8.67. The van der Waals surface area contributed by atoms with Gasteiger partial charge < -0.3 is 38.6 Å². The SMILES string of the molecule is CCCCCCCCCc1ccc(O)c(COCCOCCOCCOCCOCCOCCO)c1. The van der Waals surface area contributed by atoms with Crippen molar-refractivity contribution in [1.29, 1.82) is 0 Å². The smallest absolute Gasteiger partial charge is 0.121 e. The number of rotatable bonds is 27. The highest BCUT2D eigenvalue weighted by Gasteiger charge is 2.04. The normalized spacial score (nSPS) is 11.4. The summed E-state index contributed by atoms with van der Waals surface area (Å²) in [6.45, 7) is 7.95. The highest BCUT2D eigenvalue weighted by Crippen LogP contribution is 2.21. The number of aliphatic hydroxyl groups is 1. The highest BCUT2D eigenvalue weighted by atomic mass is 16.6. The zero-order valence-electron chi connectivity index (χ0n) is 22.4. The Morgan fingerprint density at radius 1 is 0.583 bits per heavy atom. The Kier molecular flexibility index (Phi) is 23.1. The molecule has 0 aliphatic rings. The number of unbranched alkanes of at least 4 members (excludes halogenated alkanes) is 6. The lowest BCUT2D eigenvalue weighted by molar-refractivity contribution is -0.0190. The summed E-state index contributed by atoms with van der Waals surface area (Å²) in [6.07, 6.45) is 10.1. The van der Waals surface area contributed by atoms with Gasteiger partial charge in [-0.15, -0.1) is 0 Å². The molecule has 8 nitrogen and oxygen atoms in total. The summed E-state index contributed by atoms with van der Waals surface area (Å²) < 4.78 is 32.5. The van der Waals surface area contributed by atoms with Gasteiger partial charge in [0, 0.05) is 5.56 Å². The number of aromatic hydroxyl groups is 1. The molecular weight excluding hydrogens is 464 g/mol. The van der Waals surface area contributed by atoms with Crippen LogP contribution in [-0.2, 0) is 41.4 Å². The summed E-state index contributed by atoms with van der Waals surface area (Å²) >= 11 is 0. The van der Waals surface area contributed by atoms with Gasteiger partial charge in [0.25, 0.3) is 0 Å². The van der Waals surface area contributed by atoms with E-state index in [2.05, 4.69) is 13.0 Å². The van der Waals surface area contributed by atoms with E-state index in [0.29, 0.717) is 79.3 Å². The molecule has 0 radical (unpaired) electrons. The minimum Gasteiger partial charge on any atom is -0.508 e.